The smallest absolute Gasteiger partial charge is 0.306 e. The van der Waals surface area contributed by atoms with Crippen molar-refractivity contribution in [3.63, 3.8) is 0 Å². The van der Waals surface area contributed by atoms with Crippen molar-refractivity contribution in [2.75, 3.05) is 20.3 Å². The standard InChI is InChI=1S/C13H17Br2NO3/c1-3-19-11(17)6-8(7-16)12-10(18-2)5-4-9(14)13(12)15/h4-5,8H,3,6-7,16H2,1-2H3. The molecule has 0 aliphatic heterocycles. The zero-order valence-electron chi connectivity index (χ0n) is 10.9. The molecule has 0 fully saturated rings. The summed E-state index contributed by atoms with van der Waals surface area (Å²) in [6, 6.07) is 3.72. The Bertz CT molecular complexity index is 452. The van der Waals surface area contributed by atoms with E-state index in [0.29, 0.717) is 18.9 Å². The summed E-state index contributed by atoms with van der Waals surface area (Å²) < 4.78 is 12.1. The number of carbonyl (C=O) groups is 1. The molecule has 0 aromatic heterocycles. The van der Waals surface area contributed by atoms with E-state index in [9.17, 15) is 4.79 Å². The van der Waals surface area contributed by atoms with E-state index in [1.165, 1.54) is 0 Å². The summed E-state index contributed by atoms with van der Waals surface area (Å²) in [4.78, 5) is 11.6. The average Bonchev–Trinajstić information content (AvgIpc) is 2.39. The predicted octanol–water partition coefficient (Wildman–Crippen LogP) is 3.22. The van der Waals surface area contributed by atoms with Crippen molar-refractivity contribution in [1.82, 2.24) is 0 Å². The SMILES string of the molecule is CCOC(=O)CC(CN)c1c(OC)ccc(Br)c1Br. The zero-order valence-corrected chi connectivity index (χ0v) is 14.1. The molecular weight excluding hydrogens is 378 g/mol. The number of carbonyl (C=O) groups excluding carboxylic acids is 1. The fourth-order valence-electron chi connectivity index (χ4n) is 1.83. The second kappa shape index (κ2) is 7.87. The molecule has 0 saturated carbocycles. The van der Waals surface area contributed by atoms with Gasteiger partial charge in [0.2, 0.25) is 0 Å². The van der Waals surface area contributed by atoms with Gasteiger partial charge in [-0.3, -0.25) is 4.79 Å². The molecule has 19 heavy (non-hydrogen) atoms. The van der Waals surface area contributed by atoms with E-state index >= 15 is 0 Å². The minimum absolute atomic E-state index is 0.152. The minimum Gasteiger partial charge on any atom is -0.496 e. The lowest BCUT2D eigenvalue weighted by atomic mass is 9.95. The Labute approximate surface area is 129 Å². The molecule has 0 bridgehead atoms. The predicted molar refractivity (Wildman–Crippen MR) is 81.4 cm³/mol. The van der Waals surface area contributed by atoms with Gasteiger partial charge in [0.25, 0.3) is 0 Å². The molecule has 2 N–H and O–H groups in total. The van der Waals surface area contributed by atoms with Crippen molar-refractivity contribution in [3.8, 4) is 5.75 Å². The Morgan fingerprint density at radius 1 is 1.42 bits per heavy atom. The van der Waals surface area contributed by atoms with E-state index in [2.05, 4.69) is 31.9 Å². The van der Waals surface area contributed by atoms with Crippen molar-refractivity contribution < 1.29 is 14.3 Å². The number of hydrogen-bond acceptors (Lipinski definition) is 4. The monoisotopic (exact) mass is 393 g/mol. The quantitative estimate of drug-likeness (QED) is 0.752. The summed E-state index contributed by atoms with van der Waals surface area (Å²) >= 11 is 6.95. The van der Waals surface area contributed by atoms with Crippen LogP contribution in [0.5, 0.6) is 5.75 Å². The molecule has 0 aliphatic carbocycles. The van der Waals surface area contributed by atoms with Gasteiger partial charge in [-0.05, 0) is 57.5 Å². The van der Waals surface area contributed by atoms with Gasteiger partial charge in [-0.15, -0.1) is 0 Å². The Balaban J connectivity index is 3.09. The van der Waals surface area contributed by atoms with Gasteiger partial charge in [0, 0.05) is 20.4 Å². The van der Waals surface area contributed by atoms with Crippen LogP contribution >= 0.6 is 31.9 Å². The van der Waals surface area contributed by atoms with Gasteiger partial charge in [0.15, 0.2) is 0 Å². The summed E-state index contributed by atoms with van der Waals surface area (Å²) in [5, 5.41) is 0. The number of benzene rings is 1. The van der Waals surface area contributed by atoms with Crippen LogP contribution in [0.4, 0.5) is 0 Å². The highest BCUT2D eigenvalue weighted by Gasteiger charge is 2.23. The molecule has 6 heteroatoms. The van der Waals surface area contributed by atoms with E-state index in [1.807, 2.05) is 12.1 Å². The van der Waals surface area contributed by atoms with Gasteiger partial charge in [-0.2, -0.15) is 0 Å². The highest BCUT2D eigenvalue weighted by Crippen LogP contribution is 2.39. The molecule has 1 aromatic rings. The number of nitrogens with two attached hydrogens (primary N) is 1. The molecule has 0 saturated heterocycles. The van der Waals surface area contributed by atoms with E-state index < -0.39 is 0 Å². The van der Waals surface area contributed by atoms with Crippen LogP contribution in [0.25, 0.3) is 0 Å². The second-order valence-corrected chi connectivity index (χ2v) is 5.57. The molecule has 0 heterocycles. The molecule has 106 valence electrons. The molecule has 1 unspecified atom stereocenters. The third-order valence-corrected chi connectivity index (χ3v) is 4.77. The van der Waals surface area contributed by atoms with Gasteiger partial charge < -0.3 is 15.2 Å². The van der Waals surface area contributed by atoms with Gasteiger partial charge in [0.1, 0.15) is 5.75 Å². The highest BCUT2D eigenvalue weighted by molar-refractivity contribution is 9.13. The first kappa shape index (κ1) is 16.5. The number of hydrogen-bond donors (Lipinski definition) is 1. The number of esters is 1. The first-order valence-electron chi connectivity index (χ1n) is 5.92. The second-order valence-electron chi connectivity index (χ2n) is 3.92. The molecule has 4 nitrogen and oxygen atoms in total. The van der Waals surface area contributed by atoms with E-state index in [0.717, 1.165) is 14.5 Å². The maximum Gasteiger partial charge on any atom is 0.306 e. The summed E-state index contributed by atoms with van der Waals surface area (Å²) in [6.45, 7) is 2.49. The lowest BCUT2D eigenvalue weighted by Crippen LogP contribution is -2.19. The van der Waals surface area contributed by atoms with Crippen molar-refractivity contribution in [2.45, 2.75) is 19.3 Å². The van der Waals surface area contributed by atoms with Crippen molar-refractivity contribution in [3.05, 3.63) is 26.6 Å². The summed E-state index contributed by atoms with van der Waals surface area (Å²) in [7, 11) is 1.59. The zero-order chi connectivity index (χ0) is 14.4. The number of methoxy groups -OCH3 is 1. The fraction of sp³-hybridized carbons (Fsp3) is 0.462. The van der Waals surface area contributed by atoms with E-state index in [-0.39, 0.29) is 18.3 Å². The molecular formula is C13H17Br2NO3. The summed E-state index contributed by atoms with van der Waals surface area (Å²) in [5.74, 6) is 0.294. The first-order valence-corrected chi connectivity index (χ1v) is 7.51. The van der Waals surface area contributed by atoms with Crippen molar-refractivity contribution in [1.29, 1.82) is 0 Å². The Kier molecular flexibility index (Phi) is 6.82. The molecule has 1 rings (SSSR count). The Morgan fingerprint density at radius 3 is 2.63 bits per heavy atom. The third kappa shape index (κ3) is 4.19. The van der Waals surface area contributed by atoms with E-state index in [1.54, 1.807) is 14.0 Å². The summed E-state index contributed by atoms with van der Waals surface area (Å²) in [6.07, 6.45) is 0.232. The summed E-state index contributed by atoms with van der Waals surface area (Å²) in [5.41, 5.74) is 6.67. The van der Waals surface area contributed by atoms with Crippen LogP contribution in [0, 0.1) is 0 Å². The van der Waals surface area contributed by atoms with Gasteiger partial charge in [-0.1, -0.05) is 0 Å². The molecule has 1 aromatic carbocycles. The van der Waals surface area contributed by atoms with Crippen LogP contribution in [-0.2, 0) is 9.53 Å². The third-order valence-electron chi connectivity index (χ3n) is 2.72. The maximum atomic E-state index is 11.6. The van der Waals surface area contributed by atoms with E-state index in [4.69, 9.17) is 15.2 Å². The fourth-order valence-corrected chi connectivity index (χ4v) is 2.83. The van der Waals surface area contributed by atoms with Crippen molar-refractivity contribution in [2.24, 2.45) is 5.73 Å². The molecule has 0 amide bonds. The van der Waals surface area contributed by atoms with Crippen LogP contribution in [0.1, 0.15) is 24.8 Å². The Morgan fingerprint density at radius 2 is 2.11 bits per heavy atom. The molecule has 0 aliphatic rings. The van der Waals surface area contributed by atoms with Crippen LogP contribution < -0.4 is 10.5 Å². The van der Waals surface area contributed by atoms with Crippen LogP contribution in [-0.4, -0.2) is 26.2 Å². The minimum atomic E-state index is -0.258. The number of rotatable bonds is 6. The molecule has 1 atom stereocenters. The lowest BCUT2D eigenvalue weighted by Gasteiger charge is -2.20. The molecule has 0 radical (unpaired) electrons. The lowest BCUT2D eigenvalue weighted by molar-refractivity contribution is -0.143. The van der Waals surface area contributed by atoms with Gasteiger partial charge >= 0.3 is 5.97 Å². The maximum absolute atomic E-state index is 11.6. The highest BCUT2D eigenvalue weighted by atomic mass is 79.9. The van der Waals surface area contributed by atoms with Crippen LogP contribution in [0.3, 0.4) is 0 Å². The largest absolute Gasteiger partial charge is 0.496 e. The average molecular weight is 395 g/mol. The van der Waals surface area contributed by atoms with Gasteiger partial charge in [-0.25, -0.2) is 0 Å². The number of ether oxygens (including phenoxy) is 2. The van der Waals surface area contributed by atoms with Crippen LogP contribution in [0.15, 0.2) is 21.1 Å². The molecule has 0 spiro atoms. The van der Waals surface area contributed by atoms with Gasteiger partial charge in [0.05, 0.1) is 20.1 Å². The topological polar surface area (TPSA) is 61.5 Å². The van der Waals surface area contributed by atoms with Crippen LogP contribution in [0.2, 0.25) is 0 Å². The number of halogens is 2. The van der Waals surface area contributed by atoms with Crippen molar-refractivity contribution >= 4 is 37.8 Å². The normalized spacial score (nSPS) is 12.1. The first-order chi connectivity index (χ1) is 9.04. The Hall–Kier alpha value is -0.590.